The smallest absolute Gasteiger partial charge is 0.315 e. The van der Waals surface area contributed by atoms with Gasteiger partial charge < -0.3 is 16.4 Å². The van der Waals surface area contributed by atoms with Crippen LogP contribution in [0.4, 0.5) is 4.79 Å². The van der Waals surface area contributed by atoms with Gasteiger partial charge in [0, 0.05) is 18.0 Å². The second-order valence-corrected chi connectivity index (χ2v) is 4.62. The molecule has 0 aliphatic rings. The highest BCUT2D eigenvalue weighted by molar-refractivity contribution is 6.31. The first-order chi connectivity index (χ1) is 9.00. The summed E-state index contributed by atoms with van der Waals surface area (Å²) in [4.78, 5) is 22.1. The van der Waals surface area contributed by atoms with Crippen molar-refractivity contribution in [3.8, 4) is 0 Å². The normalized spacial score (nSPS) is 11.7. The SMILES string of the molecule is C[C@@H](NC(=O)NCCCC(N)=O)c1ccccc1Cl. The van der Waals surface area contributed by atoms with E-state index >= 15 is 0 Å². The minimum Gasteiger partial charge on any atom is -0.370 e. The molecule has 104 valence electrons. The van der Waals surface area contributed by atoms with Crippen LogP contribution in [0.1, 0.15) is 31.4 Å². The molecule has 0 bridgehead atoms. The number of rotatable bonds is 6. The van der Waals surface area contributed by atoms with Crippen LogP contribution in [0.15, 0.2) is 24.3 Å². The zero-order valence-electron chi connectivity index (χ0n) is 10.8. The summed E-state index contributed by atoms with van der Waals surface area (Å²) in [5, 5.41) is 6.05. The Kier molecular flexibility index (Phi) is 6.15. The van der Waals surface area contributed by atoms with Gasteiger partial charge in [-0.3, -0.25) is 4.79 Å². The number of carbonyl (C=O) groups excluding carboxylic acids is 2. The number of primary amides is 1. The zero-order chi connectivity index (χ0) is 14.3. The molecule has 0 spiro atoms. The summed E-state index contributed by atoms with van der Waals surface area (Å²) in [5.74, 6) is -0.369. The molecule has 0 fully saturated rings. The van der Waals surface area contributed by atoms with Crippen LogP contribution in [0.5, 0.6) is 0 Å². The lowest BCUT2D eigenvalue weighted by Gasteiger charge is -2.16. The Morgan fingerprint density at radius 2 is 2.05 bits per heavy atom. The highest BCUT2D eigenvalue weighted by Gasteiger charge is 2.11. The van der Waals surface area contributed by atoms with Gasteiger partial charge in [-0.15, -0.1) is 0 Å². The fraction of sp³-hybridized carbons (Fsp3) is 0.385. The van der Waals surface area contributed by atoms with Gasteiger partial charge in [-0.2, -0.15) is 0 Å². The van der Waals surface area contributed by atoms with E-state index in [4.69, 9.17) is 17.3 Å². The second kappa shape index (κ2) is 7.63. The predicted molar refractivity (Wildman–Crippen MR) is 74.8 cm³/mol. The Labute approximate surface area is 117 Å². The molecule has 0 aliphatic heterocycles. The highest BCUT2D eigenvalue weighted by Crippen LogP contribution is 2.21. The number of nitrogens with one attached hydrogen (secondary N) is 2. The number of nitrogens with two attached hydrogens (primary N) is 1. The third kappa shape index (κ3) is 5.61. The maximum atomic E-state index is 11.6. The maximum absolute atomic E-state index is 11.6. The molecule has 0 saturated carbocycles. The topological polar surface area (TPSA) is 84.2 Å². The van der Waals surface area contributed by atoms with Crippen molar-refractivity contribution in [2.75, 3.05) is 6.54 Å². The Balaban J connectivity index is 2.36. The first-order valence-electron chi connectivity index (χ1n) is 6.08. The van der Waals surface area contributed by atoms with Crippen LogP contribution in [0.3, 0.4) is 0 Å². The van der Waals surface area contributed by atoms with Gasteiger partial charge in [0.2, 0.25) is 5.91 Å². The number of urea groups is 1. The molecule has 1 atom stereocenters. The molecule has 4 N–H and O–H groups in total. The second-order valence-electron chi connectivity index (χ2n) is 4.21. The number of hydrogen-bond acceptors (Lipinski definition) is 2. The van der Waals surface area contributed by atoms with Crippen LogP contribution in [0.2, 0.25) is 5.02 Å². The average Bonchev–Trinajstić information content (AvgIpc) is 2.35. The van der Waals surface area contributed by atoms with Crippen molar-refractivity contribution in [1.29, 1.82) is 0 Å². The van der Waals surface area contributed by atoms with Crippen molar-refractivity contribution in [3.05, 3.63) is 34.9 Å². The molecule has 19 heavy (non-hydrogen) atoms. The highest BCUT2D eigenvalue weighted by atomic mass is 35.5. The molecule has 0 aliphatic carbocycles. The van der Waals surface area contributed by atoms with Crippen LogP contribution in [0.25, 0.3) is 0 Å². The fourth-order valence-corrected chi connectivity index (χ4v) is 1.92. The Bertz CT molecular complexity index is 451. The molecule has 5 nitrogen and oxygen atoms in total. The zero-order valence-corrected chi connectivity index (χ0v) is 11.5. The van der Waals surface area contributed by atoms with E-state index in [1.54, 1.807) is 6.07 Å². The van der Waals surface area contributed by atoms with E-state index in [2.05, 4.69) is 10.6 Å². The Morgan fingerprint density at radius 3 is 2.68 bits per heavy atom. The van der Waals surface area contributed by atoms with E-state index < -0.39 is 0 Å². The first-order valence-corrected chi connectivity index (χ1v) is 6.45. The third-order valence-corrected chi connectivity index (χ3v) is 2.95. The van der Waals surface area contributed by atoms with Gasteiger partial charge in [0.25, 0.3) is 0 Å². The van der Waals surface area contributed by atoms with E-state index in [1.165, 1.54) is 0 Å². The van der Waals surface area contributed by atoms with Crippen molar-refractivity contribution >= 4 is 23.5 Å². The van der Waals surface area contributed by atoms with E-state index in [-0.39, 0.29) is 24.4 Å². The molecular formula is C13H18ClN3O2. The first kappa shape index (κ1) is 15.3. The molecule has 1 rings (SSSR count). The minimum atomic E-state index is -0.369. The van der Waals surface area contributed by atoms with Crippen molar-refractivity contribution in [1.82, 2.24) is 10.6 Å². The summed E-state index contributed by atoms with van der Waals surface area (Å²) in [6.45, 7) is 2.26. The molecule has 0 radical (unpaired) electrons. The van der Waals surface area contributed by atoms with Crippen LogP contribution in [-0.2, 0) is 4.79 Å². The van der Waals surface area contributed by atoms with Crippen LogP contribution < -0.4 is 16.4 Å². The standard InChI is InChI=1S/C13H18ClN3O2/c1-9(10-5-2-3-6-11(10)14)17-13(19)16-8-4-7-12(15)18/h2-3,5-6,9H,4,7-8H2,1H3,(H2,15,18)(H2,16,17,19)/t9-/m1/s1. The summed E-state index contributed by atoms with van der Waals surface area (Å²) in [6, 6.07) is 6.86. The predicted octanol–water partition coefficient (Wildman–Crippen LogP) is 1.97. The number of carbonyl (C=O) groups is 2. The molecule has 1 aromatic rings. The largest absolute Gasteiger partial charge is 0.370 e. The van der Waals surface area contributed by atoms with Crippen molar-refractivity contribution < 1.29 is 9.59 Å². The molecule has 0 saturated heterocycles. The van der Waals surface area contributed by atoms with Gasteiger partial charge in [-0.1, -0.05) is 29.8 Å². The molecular weight excluding hydrogens is 266 g/mol. The summed E-state index contributed by atoms with van der Waals surface area (Å²) in [7, 11) is 0. The fourth-order valence-electron chi connectivity index (χ4n) is 1.62. The summed E-state index contributed by atoms with van der Waals surface area (Å²) < 4.78 is 0. The van der Waals surface area contributed by atoms with Crippen molar-refractivity contribution in [2.45, 2.75) is 25.8 Å². The minimum absolute atomic E-state index is 0.190. The average molecular weight is 284 g/mol. The molecule has 3 amide bonds. The molecule has 1 aromatic carbocycles. The number of hydrogen-bond donors (Lipinski definition) is 3. The Morgan fingerprint density at radius 1 is 1.37 bits per heavy atom. The maximum Gasteiger partial charge on any atom is 0.315 e. The lowest BCUT2D eigenvalue weighted by Crippen LogP contribution is -2.37. The van der Waals surface area contributed by atoms with Gasteiger partial charge in [0.1, 0.15) is 0 Å². The monoisotopic (exact) mass is 283 g/mol. The third-order valence-electron chi connectivity index (χ3n) is 2.60. The van der Waals surface area contributed by atoms with Crippen molar-refractivity contribution in [2.24, 2.45) is 5.73 Å². The van der Waals surface area contributed by atoms with E-state index in [0.717, 1.165) is 5.56 Å². The van der Waals surface area contributed by atoms with Crippen LogP contribution in [-0.4, -0.2) is 18.5 Å². The van der Waals surface area contributed by atoms with Crippen LogP contribution >= 0.6 is 11.6 Å². The van der Waals surface area contributed by atoms with Gasteiger partial charge in [-0.25, -0.2) is 4.79 Å². The molecule has 6 heteroatoms. The number of halogens is 1. The quantitative estimate of drug-likeness (QED) is 0.697. The van der Waals surface area contributed by atoms with Crippen LogP contribution in [0, 0.1) is 0 Å². The molecule has 0 heterocycles. The lowest BCUT2D eigenvalue weighted by molar-refractivity contribution is -0.118. The Hall–Kier alpha value is -1.75. The van der Waals surface area contributed by atoms with Gasteiger partial charge in [0.15, 0.2) is 0 Å². The van der Waals surface area contributed by atoms with Crippen molar-refractivity contribution in [3.63, 3.8) is 0 Å². The van der Waals surface area contributed by atoms with Gasteiger partial charge >= 0.3 is 6.03 Å². The van der Waals surface area contributed by atoms with Gasteiger partial charge in [0.05, 0.1) is 6.04 Å². The van der Waals surface area contributed by atoms with E-state index in [9.17, 15) is 9.59 Å². The number of amides is 3. The summed E-state index contributed by atoms with van der Waals surface area (Å²) in [6.07, 6.45) is 0.795. The summed E-state index contributed by atoms with van der Waals surface area (Å²) in [5.41, 5.74) is 5.86. The molecule has 0 unspecified atom stereocenters. The molecule has 0 aromatic heterocycles. The van der Waals surface area contributed by atoms with E-state index in [0.29, 0.717) is 18.0 Å². The van der Waals surface area contributed by atoms with Gasteiger partial charge in [-0.05, 0) is 25.0 Å². The lowest BCUT2D eigenvalue weighted by atomic mass is 10.1. The van der Waals surface area contributed by atoms with E-state index in [1.807, 2.05) is 25.1 Å². The number of benzene rings is 1. The summed E-state index contributed by atoms with van der Waals surface area (Å²) >= 11 is 6.04.